The number of alkyl halides is 1. The third-order valence-electron chi connectivity index (χ3n) is 7.41. The molecule has 6 atom stereocenters. The van der Waals surface area contributed by atoms with E-state index in [1.807, 2.05) is 91.0 Å². The highest BCUT2D eigenvalue weighted by molar-refractivity contribution is 5.95. The number of fused-ring (bicyclic) bond motifs is 1. The summed E-state index contributed by atoms with van der Waals surface area (Å²) in [5.74, 6) is 0.336. The van der Waals surface area contributed by atoms with E-state index in [4.69, 9.17) is 23.7 Å². The van der Waals surface area contributed by atoms with Crippen molar-refractivity contribution >= 4 is 5.91 Å². The summed E-state index contributed by atoms with van der Waals surface area (Å²) in [5.41, 5.74) is 4.07. The number of benzene rings is 4. The highest BCUT2D eigenvalue weighted by Crippen LogP contribution is 2.37. The summed E-state index contributed by atoms with van der Waals surface area (Å²) in [6.45, 7) is 0.336. The normalized spacial score (nSPS) is 25.3. The maximum Gasteiger partial charge on any atom is 0.251 e. The maximum absolute atomic E-state index is 16.2. The van der Waals surface area contributed by atoms with Crippen LogP contribution in [0.3, 0.4) is 0 Å². The molecule has 0 aliphatic carbocycles. The van der Waals surface area contributed by atoms with Crippen LogP contribution in [0.15, 0.2) is 109 Å². The molecule has 0 saturated carbocycles. The number of amides is 1. The molecule has 7 nitrogen and oxygen atoms in total. The summed E-state index contributed by atoms with van der Waals surface area (Å²) in [6.07, 6.45) is -5.87. The molecule has 2 fully saturated rings. The van der Waals surface area contributed by atoms with Gasteiger partial charge in [-0.15, -0.1) is 0 Å². The molecule has 0 bridgehead atoms. The smallest absolute Gasteiger partial charge is 0.251 e. The molecule has 2 unspecified atom stereocenters. The number of halogens is 1. The van der Waals surface area contributed by atoms with Crippen LogP contribution in [0.1, 0.15) is 27.8 Å². The number of nitrogens with one attached hydrogen (secondary N) is 1. The van der Waals surface area contributed by atoms with E-state index in [-0.39, 0.29) is 19.1 Å². The topological polar surface area (TPSA) is 75.3 Å². The fraction of sp³-hybridized carbons (Fsp3) is 0.265. The lowest BCUT2D eigenvalue weighted by atomic mass is 9.98. The zero-order valence-electron chi connectivity index (χ0n) is 23.1. The van der Waals surface area contributed by atoms with Crippen molar-refractivity contribution in [1.82, 2.24) is 5.32 Å². The first-order valence-electron chi connectivity index (χ1n) is 14.0. The van der Waals surface area contributed by atoms with E-state index in [1.165, 1.54) is 0 Å². The van der Waals surface area contributed by atoms with E-state index >= 15 is 4.39 Å². The van der Waals surface area contributed by atoms with E-state index < -0.39 is 37.1 Å². The third kappa shape index (κ3) is 6.22. The first kappa shape index (κ1) is 28.1. The first-order chi connectivity index (χ1) is 20.6. The van der Waals surface area contributed by atoms with Crippen molar-refractivity contribution in [2.75, 3.05) is 13.7 Å². The Kier molecular flexibility index (Phi) is 8.58. The largest absolute Gasteiger partial charge is 0.462 e. The summed E-state index contributed by atoms with van der Waals surface area (Å²) < 4.78 is 46.8. The minimum Gasteiger partial charge on any atom is -0.462 e. The molecule has 2 aliphatic heterocycles. The standard InChI is InChI=1S/C34H32FNO6/c1-36-32(37)26-14-8-13-25(19-26)23-15-17-27(18-16-23)40-34-31(38-20-22-9-4-2-5-10-22)29(35)30-28(41-34)21-39-33(42-30)24-11-6-3-7-12-24/h2-19,28-31,33-34H,20-21H2,1H3,(H,36,37)/t28-,29+,30-,31+,33?,34?/m1/s1. The second kappa shape index (κ2) is 12.8. The molecule has 0 spiro atoms. The summed E-state index contributed by atoms with van der Waals surface area (Å²) >= 11 is 0. The van der Waals surface area contributed by atoms with Gasteiger partial charge >= 0.3 is 0 Å². The second-order valence-electron chi connectivity index (χ2n) is 10.2. The van der Waals surface area contributed by atoms with E-state index in [2.05, 4.69) is 5.32 Å². The zero-order valence-corrected chi connectivity index (χ0v) is 23.1. The number of hydrogen-bond donors (Lipinski definition) is 1. The molecular weight excluding hydrogens is 537 g/mol. The highest BCUT2D eigenvalue weighted by atomic mass is 19.1. The molecule has 216 valence electrons. The number of ether oxygens (including phenoxy) is 5. The van der Waals surface area contributed by atoms with Crippen molar-refractivity contribution < 1.29 is 32.9 Å². The monoisotopic (exact) mass is 569 g/mol. The van der Waals surface area contributed by atoms with Gasteiger partial charge in [-0.3, -0.25) is 4.79 Å². The highest BCUT2D eigenvalue weighted by Gasteiger charge is 2.52. The fourth-order valence-corrected chi connectivity index (χ4v) is 5.19. The average molecular weight is 570 g/mol. The molecular formula is C34H32FNO6. The Morgan fingerprint density at radius 1 is 0.881 bits per heavy atom. The van der Waals surface area contributed by atoms with Crippen molar-refractivity contribution in [3.63, 3.8) is 0 Å². The van der Waals surface area contributed by atoms with Crippen LogP contribution in [0.25, 0.3) is 11.1 Å². The van der Waals surface area contributed by atoms with E-state index in [0.29, 0.717) is 11.3 Å². The molecule has 1 amide bonds. The second-order valence-corrected chi connectivity index (χ2v) is 10.2. The van der Waals surface area contributed by atoms with Crippen molar-refractivity contribution in [1.29, 1.82) is 0 Å². The summed E-state index contributed by atoms with van der Waals surface area (Å²) in [5, 5.41) is 2.64. The Labute approximate surface area is 244 Å². The van der Waals surface area contributed by atoms with Crippen LogP contribution in [-0.2, 0) is 25.6 Å². The molecule has 42 heavy (non-hydrogen) atoms. The minimum atomic E-state index is -1.53. The van der Waals surface area contributed by atoms with Crippen LogP contribution in [0, 0.1) is 0 Å². The van der Waals surface area contributed by atoms with Gasteiger partial charge < -0.3 is 29.0 Å². The summed E-state index contributed by atoms with van der Waals surface area (Å²) in [4.78, 5) is 12.1. The predicted octanol–water partition coefficient (Wildman–Crippen LogP) is 5.85. The van der Waals surface area contributed by atoms with Gasteiger partial charge in [0.25, 0.3) is 5.91 Å². The number of hydrogen-bond acceptors (Lipinski definition) is 6. The van der Waals surface area contributed by atoms with Gasteiger partial charge in [0.15, 0.2) is 18.6 Å². The lowest BCUT2D eigenvalue weighted by Crippen LogP contribution is -2.62. The fourth-order valence-electron chi connectivity index (χ4n) is 5.19. The van der Waals surface area contributed by atoms with Gasteiger partial charge in [0.2, 0.25) is 6.29 Å². The van der Waals surface area contributed by atoms with E-state index in [1.54, 1.807) is 25.2 Å². The molecule has 8 heteroatoms. The van der Waals surface area contributed by atoms with Crippen molar-refractivity contribution in [3.05, 3.63) is 126 Å². The molecule has 0 radical (unpaired) electrons. The number of rotatable bonds is 8. The Morgan fingerprint density at radius 2 is 1.62 bits per heavy atom. The van der Waals surface area contributed by atoms with Crippen LogP contribution < -0.4 is 10.1 Å². The van der Waals surface area contributed by atoms with Gasteiger partial charge in [-0.1, -0.05) is 84.9 Å². The van der Waals surface area contributed by atoms with Crippen molar-refractivity contribution in [2.45, 2.75) is 43.7 Å². The van der Waals surface area contributed by atoms with Gasteiger partial charge in [-0.2, -0.15) is 0 Å². The minimum absolute atomic E-state index is 0.149. The van der Waals surface area contributed by atoms with Gasteiger partial charge in [-0.05, 0) is 41.0 Å². The van der Waals surface area contributed by atoms with Crippen LogP contribution >= 0.6 is 0 Å². The maximum atomic E-state index is 16.2. The quantitative estimate of drug-likeness (QED) is 0.287. The van der Waals surface area contributed by atoms with Gasteiger partial charge in [0.1, 0.15) is 18.0 Å². The lowest BCUT2D eigenvalue weighted by Gasteiger charge is -2.46. The Morgan fingerprint density at radius 3 is 2.36 bits per heavy atom. The average Bonchev–Trinajstić information content (AvgIpc) is 3.05. The van der Waals surface area contributed by atoms with Crippen LogP contribution in [0.4, 0.5) is 4.39 Å². The number of carbonyl (C=O) groups is 1. The molecule has 0 aromatic heterocycles. The van der Waals surface area contributed by atoms with Crippen molar-refractivity contribution in [2.24, 2.45) is 0 Å². The van der Waals surface area contributed by atoms with Crippen LogP contribution in [0.5, 0.6) is 5.75 Å². The Bertz CT molecular complexity index is 1470. The molecule has 2 saturated heterocycles. The zero-order chi connectivity index (χ0) is 28.9. The Hall–Kier alpha value is -4.08. The SMILES string of the molecule is CNC(=O)c1cccc(-c2ccc(OC3O[C@@H]4COC(c5ccccc5)O[C@H]4[C@H](F)[C@@H]3OCc3ccccc3)cc2)c1. The van der Waals surface area contributed by atoms with Gasteiger partial charge in [0, 0.05) is 18.2 Å². The molecule has 1 N–H and O–H groups in total. The summed E-state index contributed by atoms with van der Waals surface area (Å²) in [6, 6.07) is 33.7. The van der Waals surface area contributed by atoms with Crippen LogP contribution in [-0.4, -0.2) is 50.3 Å². The molecule has 2 aliphatic rings. The predicted molar refractivity (Wildman–Crippen MR) is 154 cm³/mol. The third-order valence-corrected chi connectivity index (χ3v) is 7.41. The first-order valence-corrected chi connectivity index (χ1v) is 14.0. The van der Waals surface area contributed by atoms with Gasteiger partial charge in [-0.25, -0.2) is 4.39 Å². The van der Waals surface area contributed by atoms with Crippen LogP contribution in [0.2, 0.25) is 0 Å². The van der Waals surface area contributed by atoms with E-state index in [9.17, 15) is 4.79 Å². The molecule has 2 heterocycles. The molecule has 4 aromatic rings. The lowest BCUT2D eigenvalue weighted by molar-refractivity contribution is -0.347. The van der Waals surface area contributed by atoms with E-state index in [0.717, 1.165) is 22.3 Å². The number of carbonyl (C=O) groups excluding carboxylic acids is 1. The summed E-state index contributed by atoms with van der Waals surface area (Å²) in [7, 11) is 1.60. The Balaban J connectivity index is 1.20. The molecule has 6 rings (SSSR count). The van der Waals surface area contributed by atoms with Gasteiger partial charge in [0.05, 0.1) is 13.2 Å². The van der Waals surface area contributed by atoms with Crippen molar-refractivity contribution in [3.8, 4) is 16.9 Å². The molecule has 4 aromatic carbocycles.